The summed E-state index contributed by atoms with van der Waals surface area (Å²) < 4.78 is 72.8. The van der Waals surface area contributed by atoms with Gasteiger partial charge in [-0.05, 0) is 49.4 Å². The van der Waals surface area contributed by atoms with Gasteiger partial charge in [-0.15, -0.1) is 0 Å². The maximum atomic E-state index is 14.2. The van der Waals surface area contributed by atoms with Crippen molar-refractivity contribution in [2.75, 3.05) is 6.67 Å². The molecule has 0 radical (unpaired) electrons. The molecular formula is C23H20F5N5O2. The Balaban J connectivity index is 1.45. The summed E-state index contributed by atoms with van der Waals surface area (Å²) in [6.45, 7) is -0.789. The highest BCUT2D eigenvalue weighted by Crippen LogP contribution is 2.42. The van der Waals surface area contributed by atoms with Crippen LogP contribution in [0.5, 0.6) is 5.88 Å². The molecule has 12 heteroatoms. The van der Waals surface area contributed by atoms with Gasteiger partial charge in [-0.25, -0.2) is 13.8 Å². The van der Waals surface area contributed by atoms with Crippen molar-refractivity contribution in [3.05, 3.63) is 65.9 Å². The minimum Gasteiger partial charge on any atom is -0.472 e. The minimum absolute atomic E-state index is 0.0214. The molecule has 1 aliphatic carbocycles. The first-order chi connectivity index (χ1) is 16.8. The summed E-state index contributed by atoms with van der Waals surface area (Å²) in [5.41, 5.74) is -0.698. The largest absolute Gasteiger partial charge is 0.472 e. The van der Waals surface area contributed by atoms with Gasteiger partial charge in [0.2, 0.25) is 5.88 Å². The van der Waals surface area contributed by atoms with E-state index in [0.717, 1.165) is 18.2 Å². The van der Waals surface area contributed by atoms with E-state index in [0.29, 0.717) is 25.5 Å². The molecule has 2 saturated heterocycles. The van der Waals surface area contributed by atoms with Gasteiger partial charge in [0, 0.05) is 12.3 Å². The van der Waals surface area contributed by atoms with E-state index in [4.69, 9.17) is 4.74 Å². The molecule has 35 heavy (non-hydrogen) atoms. The zero-order chi connectivity index (χ0) is 24.7. The molecule has 2 aromatic heterocycles. The molecule has 0 unspecified atom stereocenters. The number of alkyl halides is 4. The fourth-order valence-electron chi connectivity index (χ4n) is 5.02. The SMILES string of the molecule is O=C(c1cc(F)ccc1-n1nccn1)N1[C@H](CF)[C@@H]2CC[C@H]1[C@H](Oc1ccc(C(F)(F)F)cn1)C2. The van der Waals surface area contributed by atoms with Crippen molar-refractivity contribution in [2.24, 2.45) is 5.92 Å². The quantitative estimate of drug-likeness (QED) is 0.498. The highest BCUT2D eigenvalue weighted by molar-refractivity contribution is 5.98. The van der Waals surface area contributed by atoms with Gasteiger partial charge in [0.25, 0.3) is 5.91 Å². The molecule has 3 aliphatic rings. The van der Waals surface area contributed by atoms with Crippen LogP contribution in [0.15, 0.2) is 48.9 Å². The van der Waals surface area contributed by atoms with Crippen LogP contribution in [0.1, 0.15) is 35.2 Å². The van der Waals surface area contributed by atoms with Gasteiger partial charge in [0.05, 0.1) is 41.3 Å². The van der Waals surface area contributed by atoms with Crippen molar-refractivity contribution in [3.8, 4) is 11.6 Å². The number of aromatic nitrogens is 4. The summed E-state index contributed by atoms with van der Waals surface area (Å²) in [5, 5.41) is 8.02. The molecule has 1 saturated carbocycles. The van der Waals surface area contributed by atoms with Crippen molar-refractivity contribution < 1.29 is 31.5 Å². The highest BCUT2D eigenvalue weighted by atomic mass is 19.4. The summed E-state index contributed by atoms with van der Waals surface area (Å²) in [6, 6.07) is 4.29. The first-order valence-corrected chi connectivity index (χ1v) is 11.0. The van der Waals surface area contributed by atoms with Gasteiger partial charge >= 0.3 is 6.18 Å². The zero-order valence-electron chi connectivity index (χ0n) is 18.2. The van der Waals surface area contributed by atoms with Crippen molar-refractivity contribution in [1.82, 2.24) is 24.9 Å². The fourth-order valence-corrected chi connectivity index (χ4v) is 5.02. The minimum atomic E-state index is -4.53. The molecule has 3 fully saturated rings. The van der Waals surface area contributed by atoms with Gasteiger partial charge in [-0.2, -0.15) is 28.2 Å². The monoisotopic (exact) mass is 493 g/mol. The molecule has 2 bridgehead atoms. The lowest BCUT2D eigenvalue weighted by Crippen LogP contribution is -2.65. The lowest BCUT2D eigenvalue weighted by atomic mass is 9.73. The lowest BCUT2D eigenvalue weighted by Gasteiger charge is -2.53. The van der Waals surface area contributed by atoms with Crippen LogP contribution in [0, 0.1) is 11.7 Å². The van der Waals surface area contributed by atoms with Crippen LogP contribution < -0.4 is 4.74 Å². The molecule has 4 atom stereocenters. The molecule has 184 valence electrons. The molecule has 6 rings (SSSR count). The molecule has 3 aromatic rings. The number of hydrogen-bond donors (Lipinski definition) is 0. The average Bonchev–Trinajstić information content (AvgIpc) is 3.38. The Hall–Kier alpha value is -3.57. The van der Waals surface area contributed by atoms with Gasteiger partial charge in [0.15, 0.2) is 0 Å². The first-order valence-electron chi connectivity index (χ1n) is 11.0. The number of carbonyl (C=O) groups excluding carboxylic acids is 1. The predicted molar refractivity (Wildman–Crippen MR) is 112 cm³/mol. The predicted octanol–water partition coefficient (Wildman–Crippen LogP) is 4.23. The molecule has 0 N–H and O–H groups in total. The number of fused-ring (bicyclic) bond motifs is 3. The molecule has 1 aromatic carbocycles. The Morgan fingerprint density at radius 3 is 2.54 bits per heavy atom. The summed E-state index contributed by atoms with van der Waals surface area (Å²) in [4.78, 5) is 20.0. The third-order valence-electron chi connectivity index (χ3n) is 6.61. The van der Waals surface area contributed by atoms with Gasteiger partial charge in [-0.1, -0.05) is 0 Å². The number of hydrogen-bond acceptors (Lipinski definition) is 5. The van der Waals surface area contributed by atoms with E-state index < -0.39 is 48.3 Å². The second kappa shape index (κ2) is 8.90. The van der Waals surface area contributed by atoms with E-state index in [-0.39, 0.29) is 23.0 Å². The van der Waals surface area contributed by atoms with Gasteiger partial charge in [0.1, 0.15) is 18.6 Å². The normalized spacial score (nSPS) is 24.0. The molecule has 4 heterocycles. The number of amides is 1. The average molecular weight is 493 g/mol. The second-order valence-corrected chi connectivity index (χ2v) is 8.59. The third-order valence-corrected chi connectivity index (χ3v) is 6.61. The molecular weight excluding hydrogens is 473 g/mol. The second-order valence-electron chi connectivity index (χ2n) is 8.59. The van der Waals surface area contributed by atoms with E-state index >= 15 is 0 Å². The van der Waals surface area contributed by atoms with Crippen LogP contribution in [-0.4, -0.2) is 55.6 Å². The standard InChI is InChI=1S/C23H20F5N5O2/c24-11-19-13-1-4-18(20(9-13)35-21-6-2-14(12-29-21)23(26,27)28)32(19)22(34)16-10-15(25)3-5-17(16)33-30-7-8-31-33/h2-3,5-8,10,12-13,18-20H,1,4,9,11H2/t13-,18+,19-,20-/m1/s1. The van der Waals surface area contributed by atoms with Crippen LogP contribution in [0.3, 0.4) is 0 Å². The molecule has 0 spiro atoms. The Kier molecular flexibility index (Phi) is 5.89. The number of pyridine rings is 1. The maximum Gasteiger partial charge on any atom is 0.417 e. The number of nitrogens with zero attached hydrogens (tertiary/aromatic N) is 5. The Bertz CT molecular complexity index is 1200. The van der Waals surface area contributed by atoms with Crippen LogP contribution in [0.2, 0.25) is 0 Å². The number of ether oxygens (including phenoxy) is 1. The third kappa shape index (κ3) is 4.32. The van der Waals surface area contributed by atoms with E-state index in [1.54, 1.807) is 0 Å². The van der Waals surface area contributed by atoms with Crippen LogP contribution in [0.4, 0.5) is 22.0 Å². The van der Waals surface area contributed by atoms with Crippen molar-refractivity contribution in [3.63, 3.8) is 0 Å². The number of piperidine rings is 2. The van der Waals surface area contributed by atoms with Gasteiger partial charge in [-0.3, -0.25) is 4.79 Å². The maximum absolute atomic E-state index is 14.2. The Morgan fingerprint density at radius 1 is 1.11 bits per heavy atom. The van der Waals surface area contributed by atoms with E-state index in [1.165, 1.54) is 34.2 Å². The van der Waals surface area contributed by atoms with Crippen LogP contribution in [-0.2, 0) is 6.18 Å². The number of rotatable bonds is 5. The number of carbonyl (C=O) groups is 1. The van der Waals surface area contributed by atoms with Crippen LogP contribution >= 0.6 is 0 Å². The smallest absolute Gasteiger partial charge is 0.417 e. The zero-order valence-corrected chi connectivity index (χ0v) is 18.2. The van der Waals surface area contributed by atoms with Crippen molar-refractivity contribution in [1.29, 1.82) is 0 Å². The van der Waals surface area contributed by atoms with E-state index in [1.807, 2.05) is 0 Å². The van der Waals surface area contributed by atoms with Crippen molar-refractivity contribution >= 4 is 5.91 Å². The number of benzene rings is 1. The lowest BCUT2D eigenvalue weighted by molar-refractivity contribution is -0.137. The molecule has 2 aliphatic heterocycles. The Morgan fingerprint density at radius 2 is 1.89 bits per heavy atom. The fraction of sp³-hybridized carbons (Fsp3) is 0.391. The molecule has 7 nitrogen and oxygen atoms in total. The van der Waals surface area contributed by atoms with Crippen molar-refractivity contribution in [2.45, 2.75) is 43.6 Å². The van der Waals surface area contributed by atoms with Gasteiger partial charge < -0.3 is 9.64 Å². The summed E-state index contributed by atoms with van der Waals surface area (Å²) in [7, 11) is 0. The molecule has 1 amide bonds. The number of halogens is 5. The van der Waals surface area contributed by atoms with Crippen LogP contribution in [0.25, 0.3) is 5.69 Å². The summed E-state index contributed by atoms with van der Waals surface area (Å²) in [5.74, 6) is -1.49. The van der Waals surface area contributed by atoms with E-state index in [2.05, 4.69) is 15.2 Å². The van der Waals surface area contributed by atoms with E-state index in [9.17, 15) is 26.7 Å². The topological polar surface area (TPSA) is 73.1 Å². The summed E-state index contributed by atoms with van der Waals surface area (Å²) >= 11 is 0. The Labute approximate surface area is 196 Å². The first kappa shape index (κ1) is 23.2. The summed E-state index contributed by atoms with van der Waals surface area (Å²) in [6.07, 6.45) is -0.0495. The highest BCUT2D eigenvalue weighted by Gasteiger charge is 2.50.